The van der Waals surface area contributed by atoms with Crippen molar-refractivity contribution in [2.24, 2.45) is 0 Å². The Bertz CT molecular complexity index is 672. The van der Waals surface area contributed by atoms with E-state index in [4.69, 9.17) is 4.42 Å². The molecule has 4 nitrogen and oxygen atoms in total. The van der Waals surface area contributed by atoms with Gasteiger partial charge < -0.3 is 9.32 Å². The molecule has 1 aliphatic rings. The predicted octanol–water partition coefficient (Wildman–Crippen LogP) is 2.66. The van der Waals surface area contributed by atoms with E-state index >= 15 is 0 Å². The van der Waals surface area contributed by atoms with Crippen LogP contribution in [-0.2, 0) is 17.8 Å². The number of hydrogen-bond acceptors (Lipinski definition) is 3. The van der Waals surface area contributed by atoms with Gasteiger partial charge in [-0.1, -0.05) is 12.1 Å². The first-order chi connectivity index (χ1) is 9.67. The summed E-state index contributed by atoms with van der Waals surface area (Å²) in [7, 11) is 0. The average Bonchev–Trinajstić information content (AvgIpc) is 2.95. The Hall–Kier alpha value is -2.36. The number of furan rings is 1. The van der Waals surface area contributed by atoms with Crippen molar-refractivity contribution in [1.29, 1.82) is 0 Å². The molecule has 0 spiro atoms. The third-order valence-corrected chi connectivity index (χ3v) is 3.69. The highest BCUT2D eigenvalue weighted by Gasteiger charge is 2.18. The fourth-order valence-electron chi connectivity index (χ4n) is 2.55. The molecule has 1 aliphatic heterocycles. The molecular formula is C16H15NO3. The zero-order chi connectivity index (χ0) is 14.1. The van der Waals surface area contributed by atoms with Crippen LogP contribution >= 0.6 is 0 Å². The van der Waals surface area contributed by atoms with Crippen LogP contribution in [0.5, 0.6) is 0 Å². The van der Waals surface area contributed by atoms with E-state index in [9.17, 15) is 9.59 Å². The van der Waals surface area contributed by atoms with Gasteiger partial charge in [-0.25, -0.2) is 0 Å². The number of amides is 1. The van der Waals surface area contributed by atoms with Gasteiger partial charge in [-0.15, -0.1) is 0 Å². The highest BCUT2D eigenvalue weighted by Crippen LogP contribution is 2.27. The Labute approximate surface area is 117 Å². The maximum Gasteiger partial charge on any atom is 0.219 e. The van der Waals surface area contributed by atoms with Gasteiger partial charge in [0.1, 0.15) is 5.76 Å². The maximum absolute atomic E-state index is 11.5. The Morgan fingerprint density at radius 2 is 2.10 bits per heavy atom. The predicted molar refractivity (Wildman–Crippen MR) is 74.3 cm³/mol. The third-order valence-electron chi connectivity index (χ3n) is 3.69. The van der Waals surface area contributed by atoms with Crippen molar-refractivity contribution in [3.63, 3.8) is 0 Å². The van der Waals surface area contributed by atoms with Crippen LogP contribution in [0.15, 0.2) is 34.7 Å². The molecule has 1 aromatic heterocycles. The van der Waals surface area contributed by atoms with Gasteiger partial charge in [0.2, 0.25) is 5.91 Å². The largest absolute Gasteiger partial charge is 0.453 e. The summed E-state index contributed by atoms with van der Waals surface area (Å²) in [5.74, 6) is 1.10. The monoisotopic (exact) mass is 269 g/mol. The molecule has 2 aromatic rings. The number of nitrogens with zero attached hydrogens (tertiary/aromatic N) is 1. The molecule has 20 heavy (non-hydrogen) atoms. The van der Waals surface area contributed by atoms with Crippen molar-refractivity contribution >= 4 is 12.2 Å². The van der Waals surface area contributed by atoms with Crippen LogP contribution in [-0.4, -0.2) is 23.6 Å². The van der Waals surface area contributed by atoms with Crippen LogP contribution in [0.3, 0.4) is 0 Å². The van der Waals surface area contributed by atoms with E-state index in [-0.39, 0.29) is 5.91 Å². The molecule has 0 saturated carbocycles. The summed E-state index contributed by atoms with van der Waals surface area (Å²) in [6.45, 7) is 3.01. The first-order valence-corrected chi connectivity index (χ1v) is 6.60. The van der Waals surface area contributed by atoms with Crippen molar-refractivity contribution in [3.8, 4) is 11.3 Å². The van der Waals surface area contributed by atoms with Gasteiger partial charge in [0.25, 0.3) is 0 Å². The number of benzene rings is 1. The summed E-state index contributed by atoms with van der Waals surface area (Å²) in [6.07, 6.45) is 1.58. The fraction of sp³-hybridized carbons (Fsp3) is 0.250. The molecule has 3 rings (SSSR count). The molecule has 0 aliphatic carbocycles. The molecule has 0 N–H and O–H groups in total. The Morgan fingerprint density at radius 1 is 1.25 bits per heavy atom. The second-order valence-corrected chi connectivity index (χ2v) is 4.99. The molecule has 2 heterocycles. The molecule has 102 valence electrons. The van der Waals surface area contributed by atoms with Crippen molar-refractivity contribution in [1.82, 2.24) is 4.90 Å². The van der Waals surface area contributed by atoms with Crippen LogP contribution in [0, 0.1) is 0 Å². The molecule has 0 atom stereocenters. The first-order valence-electron chi connectivity index (χ1n) is 6.60. The van der Waals surface area contributed by atoms with Gasteiger partial charge in [-0.3, -0.25) is 9.59 Å². The summed E-state index contributed by atoms with van der Waals surface area (Å²) in [5, 5.41) is 0. The molecule has 0 bridgehead atoms. The summed E-state index contributed by atoms with van der Waals surface area (Å²) in [6, 6.07) is 9.56. The number of aldehydes is 1. The maximum atomic E-state index is 11.5. The van der Waals surface area contributed by atoms with Crippen molar-refractivity contribution in [3.05, 3.63) is 47.2 Å². The summed E-state index contributed by atoms with van der Waals surface area (Å²) in [4.78, 5) is 24.0. The summed E-state index contributed by atoms with van der Waals surface area (Å²) < 4.78 is 5.44. The highest BCUT2D eigenvalue weighted by molar-refractivity contribution is 5.74. The Morgan fingerprint density at radius 3 is 2.80 bits per heavy atom. The molecule has 0 fully saturated rings. The molecule has 1 aromatic carbocycles. The average molecular weight is 269 g/mol. The van der Waals surface area contributed by atoms with Gasteiger partial charge in [-0.2, -0.15) is 0 Å². The van der Waals surface area contributed by atoms with Crippen LogP contribution in [0.1, 0.15) is 28.6 Å². The topological polar surface area (TPSA) is 50.5 Å². The second-order valence-electron chi connectivity index (χ2n) is 4.99. The van der Waals surface area contributed by atoms with Gasteiger partial charge in [0.15, 0.2) is 12.0 Å². The number of hydrogen-bond donors (Lipinski definition) is 0. The molecule has 1 amide bonds. The standard InChI is InChI=1S/C16H15NO3/c1-11(19)17-7-6-12-2-3-13(8-14(12)9-17)16-5-4-15(10-18)20-16/h2-5,8,10H,6-7,9H2,1H3. The quantitative estimate of drug-likeness (QED) is 0.787. The molecule has 0 unspecified atom stereocenters. The summed E-state index contributed by atoms with van der Waals surface area (Å²) >= 11 is 0. The number of rotatable bonds is 2. The van der Waals surface area contributed by atoms with Gasteiger partial charge in [0.05, 0.1) is 0 Å². The van der Waals surface area contributed by atoms with Gasteiger partial charge in [0, 0.05) is 25.6 Å². The van der Waals surface area contributed by atoms with E-state index in [1.807, 2.05) is 17.0 Å². The lowest BCUT2D eigenvalue weighted by molar-refractivity contribution is -0.129. The Balaban J connectivity index is 1.94. The van der Waals surface area contributed by atoms with Crippen molar-refractivity contribution in [2.45, 2.75) is 19.9 Å². The second kappa shape index (κ2) is 4.96. The lowest BCUT2D eigenvalue weighted by Gasteiger charge is -2.28. The van der Waals surface area contributed by atoms with E-state index in [0.29, 0.717) is 24.4 Å². The van der Waals surface area contributed by atoms with Crippen LogP contribution in [0.4, 0.5) is 0 Å². The lowest BCUT2D eigenvalue weighted by Crippen LogP contribution is -2.34. The SMILES string of the molecule is CC(=O)N1CCc2ccc(-c3ccc(C=O)o3)cc2C1. The molecule has 0 saturated heterocycles. The van der Waals surface area contributed by atoms with Crippen LogP contribution in [0.25, 0.3) is 11.3 Å². The molecular weight excluding hydrogens is 254 g/mol. The highest BCUT2D eigenvalue weighted by atomic mass is 16.3. The minimum atomic E-state index is 0.0993. The number of fused-ring (bicyclic) bond motifs is 1. The van der Waals surface area contributed by atoms with E-state index in [0.717, 1.165) is 24.1 Å². The van der Waals surface area contributed by atoms with E-state index < -0.39 is 0 Å². The van der Waals surface area contributed by atoms with Crippen molar-refractivity contribution in [2.75, 3.05) is 6.54 Å². The van der Waals surface area contributed by atoms with Crippen LogP contribution in [0.2, 0.25) is 0 Å². The van der Waals surface area contributed by atoms with E-state index in [1.165, 1.54) is 5.56 Å². The zero-order valence-corrected chi connectivity index (χ0v) is 11.3. The number of carbonyl (C=O) groups excluding carboxylic acids is 2. The first kappa shape index (κ1) is 12.7. The van der Waals surface area contributed by atoms with Crippen molar-refractivity contribution < 1.29 is 14.0 Å². The molecule has 4 heteroatoms. The lowest BCUT2D eigenvalue weighted by atomic mass is 9.96. The zero-order valence-electron chi connectivity index (χ0n) is 11.3. The Kier molecular flexibility index (Phi) is 3.14. The molecule has 0 radical (unpaired) electrons. The van der Waals surface area contributed by atoms with E-state index in [1.54, 1.807) is 19.1 Å². The minimum absolute atomic E-state index is 0.0993. The smallest absolute Gasteiger partial charge is 0.219 e. The van der Waals surface area contributed by atoms with Gasteiger partial charge >= 0.3 is 0 Å². The fourth-order valence-corrected chi connectivity index (χ4v) is 2.55. The minimum Gasteiger partial charge on any atom is -0.453 e. The van der Waals surface area contributed by atoms with Gasteiger partial charge in [-0.05, 0) is 35.7 Å². The number of carbonyl (C=O) groups is 2. The summed E-state index contributed by atoms with van der Waals surface area (Å²) in [5.41, 5.74) is 3.35. The third kappa shape index (κ3) is 2.25. The van der Waals surface area contributed by atoms with E-state index in [2.05, 4.69) is 6.07 Å². The van der Waals surface area contributed by atoms with Crippen LogP contribution < -0.4 is 0 Å². The normalized spacial score (nSPS) is 13.9.